The third-order valence-electron chi connectivity index (χ3n) is 2.84. The van der Waals surface area contributed by atoms with Crippen molar-refractivity contribution in [2.75, 3.05) is 7.11 Å². The lowest BCUT2D eigenvalue weighted by molar-refractivity contribution is 0.413. The summed E-state index contributed by atoms with van der Waals surface area (Å²) in [5, 5.41) is 18.7. The standard InChI is InChI=1S/C14H14BFO3S/c1-19-12-4-7-14(15(17)18)10(8-12)9-20-13-5-2-11(16)3-6-13/h2-8,17-18H,9H2,1H3. The first-order valence-electron chi connectivity index (χ1n) is 6.01. The van der Waals surface area contributed by atoms with Crippen molar-refractivity contribution in [1.82, 2.24) is 0 Å². The Morgan fingerprint density at radius 2 is 1.85 bits per heavy atom. The van der Waals surface area contributed by atoms with Crippen LogP contribution in [0.2, 0.25) is 0 Å². The summed E-state index contributed by atoms with van der Waals surface area (Å²) in [5.41, 5.74) is 1.22. The molecule has 0 saturated heterocycles. The highest BCUT2D eigenvalue weighted by Crippen LogP contribution is 2.24. The van der Waals surface area contributed by atoms with Gasteiger partial charge < -0.3 is 14.8 Å². The molecule has 2 N–H and O–H groups in total. The summed E-state index contributed by atoms with van der Waals surface area (Å²) in [5.74, 6) is 0.918. The zero-order chi connectivity index (χ0) is 14.5. The van der Waals surface area contributed by atoms with E-state index in [4.69, 9.17) is 4.74 Å². The first-order chi connectivity index (χ1) is 9.60. The molecule has 0 spiro atoms. The minimum Gasteiger partial charge on any atom is -0.497 e. The van der Waals surface area contributed by atoms with Crippen molar-refractivity contribution >= 4 is 24.3 Å². The van der Waals surface area contributed by atoms with Crippen molar-refractivity contribution in [3.8, 4) is 5.75 Å². The van der Waals surface area contributed by atoms with Crippen LogP contribution in [0.1, 0.15) is 5.56 Å². The van der Waals surface area contributed by atoms with Gasteiger partial charge in [-0.05, 0) is 47.4 Å². The molecule has 0 heterocycles. The molecule has 0 unspecified atom stereocenters. The Morgan fingerprint density at radius 1 is 1.15 bits per heavy atom. The maximum Gasteiger partial charge on any atom is 0.488 e. The SMILES string of the molecule is COc1ccc(B(O)O)c(CSc2ccc(F)cc2)c1. The van der Waals surface area contributed by atoms with E-state index in [1.807, 2.05) is 0 Å². The van der Waals surface area contributed by atoms with Crippen LogP contribution in [0.5, 0.6) is 5.75 Å². The number of ether oxygens (including phenoxy) is 1. The van der Waals surface area contributed by atoms with E-state index >= 15 is 0 Å². The van der Waals surface area contributed by atoms with Crippen LogP contribution < -0.4 is 10.2 Å². The smallest absolute Gasteiger partial charge is 0.488 e. The van der Waals surface area contributed by atoms with E-state index in [0.29, 0.717) is 17.0 Å². The Hall–Kier alpha value is -1.50. The maximum atomic E-state index is 12.8. The summed E-state index contributed by atoms with van der Waals surface area (Å²) in [4.78, 5) is 0.910. The van der Waals surface area contributed by atoms with E-state index in [9.17, 15) is 14.4 Å². The minimum absolute atomic E-state index is 0.276. The van der Waals surface area contributed by atoms with E-state index in [1.165, 1.54) is 23.9 Å². The van der Waals surface area contributed by atoms with Crippen LogP contribution >= 0.6 is 11.8 Å². The molecule has 0 fully saturated rings. The molecule has 104 valence electrons. The average molecular weight is 292 g/mol. The lowest BCUT2D eigenvalue weighted by Crippen LogP contribution is -2.32. The van der Waals surface area contributed by atoms with Gasteiger partial charge in [-0.1, -0.05) is 6.07 Å². The van der Waals surface area contributed by atoms with E-state index in [-0.39, 0.29) is 5.82 Å². The van der Waals surface area contributed by atoms with E-state index in [2.05, 4.69) is 0 Å². The zero-order valence-corrected chi connectivity index (χ0v) is 11.7. The topological polar surface area (TPSA) is 49.7 Å². The lowest BCUT2D eigenvalue weighted by atomic mass is 9.77. The number of hydrogen-bond donors (Lipinski definition) is 2. The maximum absolute atomic E-state index is 12.8. The van der Waals surface area contributed by atoms with Gasteiger partial charge in [-0.3, -0.25) is 0 Å². The van der Waals surface area contributed by atoms with Crippen molar-refractivity contribution in [3.05, 3.63) is 53.8 Å². The van der Waals surface area contributed by atoms with Crippen molar-refractivity contribution in [2.45, 2.75) is 10.6 Å². The molecule has 0 amide bonds. The molecular formula is C14H14BFO3S. The van der Waals surface area contributed by atoms with E-state index < -0.39 is 7.12 Å². The highest BCUT2D eigenvalue weighted by atomic mass is 32.2. The number of thioether (sulfide) groups is 1. The fraction of sp³-hybridized carbons (Fsp3) is 0.143. The zero-order valence-electron chi connectivity index (χ0n) is 10.9. The van der Waals surface area contributed by atoms with Crippen LogP contribution in [0.25, 0.3) is 0 Å². The van der Waals surface area contributed by atoms with Crippen molar-refractivity contribution in [1.29, 1.82) is 0 Å². The van der Waals surface area contributed by atoms with Gasteiger partial charge in [0.05, 0.1) is 7.11 Å². The van der Waals surface area contributed by atoms with Gasteiger partial charge in [-0.2, -0.15) is 0 Å². The average Bonchev–Trinajstić information content (AvgIpc) is 2.46. The molecule has 20 heavy (non-hydrogen) atoms. The molecule has 6 heteroatoms. The number of methoxy groups -OCH3 is 1. The predicted molar refractivity (Wildman–Crippen MR) is 78.8 cm³/mol. The summed E-state index contributed by atoms with van der Waals surface area (Å²) >= 11 is 1.49. The molecule has 2 aromatic rings. The molecule has 0 atom stereocenters. The van der Waals surface area contributed by atoms with Crippen LogP contribution in [-0.4, -0.2) is 24.3 Å². The van der Waals surface area contributed by atoms with Gasteiger partial charge in [0.25, 0.3) is 0 Å². The molecule has 0 aliphatic heterocycles. The Morgan fingerprint density at radius 3 is 2.45 bits per heavy atom. The lowest BCUT2D eigenvalue weighted by Gasteiger charge is -2.11. The minimum atomic E-state index is -1.52. The first-order valence-corrected chi connectivity index (χ1v) is 7.00. The molecule has 0 bridgehead atoms. The van der Waals surface area contributed by atoms with Crippen molar-refractivity contribution < 1.29 is 19.2 Å². The fourth-order valence-corrected chi connectivity index (χ4v) is 2.68. The molecule has 0 aliphatic rings. The van der Waals surface area contributed by atoms with Crippen LogP contribution in [0.3, 0.4) is 0 Å². The van der Waals surface area contributed by atoms with Crippen molar-refractivity contribution in [3.63, 3.8) is 0 Å². The van der Waals surface area contributed by atoms with Gasteiger partial charge in [0.1, 0.15) is 11.6 Å². The predicted octanol–water partition coefficient (Wildman–Crippen LogP) is 1.81. The molecule has 3 nitrogen and oxygen atoms in total. The Labute approximate surface area is 121 Å². The first kappa shape index (κ1) is 14.9. The normalized spacial score (nSPS) is 10.4. The number of rotatable bonds is 5. The third-order valence-corrected chi connectivity index (χ3v) is 3.90. The highest BCUT2D eigenvalue weighted by Gasteiger charge is 2.16. The molecule has 0 saturated carbocycles. The summed E-state index contributed by atoms with van der Waals surface area (Å²) < 4.78 is 18.0. The Bertz CT molecular complexity index is 575. The van der Waals surface area contributed by atoms with E-state index in [1.54, 1.807) is 37.4 Å². The Kier molecular flexibility index (Phi) is 5.06. The van der Waals surface area contributed by atoms with Gasteiger partial charge in [0.2, 0.25) is 0 Å². The van der Waals surface area contributed by atoms with Crippen LogP contribution in [-0.2, 0) is 5.75 Å². The van der Waals surface area contributed by atoms with Crippen molar-refractivity contribution in [2.24, 2.45) is 0 Å². The van der Waals surface area contributed by atoms with Gasteiger partial charge in [0.15, 0.2) is 0 Å². The summed E-state index contributed by atoms with van der Waals surface area (Å²) in [7, 11) is 0.0334. The third kappa shape index (κ3) is 3.76. The largest absolute Gasteiger partial charge is 0.497 e. The summed E-state index contributed by atoms with van der Waals surface area (Å²) in [6.45, 7) is 0. The summed E-state index contributed by atoms with van der Waals surface area (Å²) in [6.07, 6.45) is 0. The van der Waals surface area contributed by atoms with Gasteiger partial charge in [-0.15, -0.1) is 11.8 Å². The number of hydrogen-bond acceptors (Lipinski definition) is 4. The van der Waals surface area contributed by atoms with Crippen LogP contribution in [0.4, 0.5) is 4.39 Å². The molecule has 0 radical (unpaired) electrons. The second-order valence-electron chi connectivity index (χ2n) is 4.18. The monoisotopic (exact) mass is 292 g/mol. The van der Waals surface area contributed by atoms with Crippen LogP contribution in [0, 0.1) is 5.82 Å². The van der Waals surface area contributed by atoms with E-state index in [0.717, 1.165) is 10.5 Å². The molecule has 2 aromatic carbocycles. The Balaban J connectivity index is 2.16. The second kappa shape index (κ2) is 6.79. The quantitative estimate of drug-likeness (QED) is 0.652. The highest BCUT2D eigenvalue weighted by molar-refractivity contribution is 7.98. The molecule has 0 aromatic heterocycles. The van der Waals surface area contributed by atoms with Crippen LogP contribution in [0.15, 0.2) is 47.4 Å². The summed E-state index contributed by atoms with van der Waals surface area (Å²) in [6, 6.07) is 11.3. The van der Waals surface area contributed by atoms with Gasteiger partial charge in [0, 0.05) is 10.6 Å². The number of halogens is 1. The fourth-order valence-electron chi connectivity index (χ4n) is 1.78. The molecule has 0 aliphatic carbocycles. The van der Waals surface area contributed by atoms with Gasteiger partial charge in [-0.25, -0.2) is 4.39 Å². The molecule has 2 rings (SSSR count). The number of benzene rings is 2. The molecular weight excluding hydrogens is 278 g/mol. The second-order valence-corrected chi connectivity index (χ2v) is 5.23. The van der Waals surface area contributed by atoms with Gasteiger partial charge >= 0.3 is 7.12 Å².